The van der Waals surface area contributed by atoms with Crippen LogP contribution in [-0.4, -0.2) is 31.2 Å². The minimum Gasteiger partial charge on any atom is -0.444 e. The molecule has 2 rings (SSSR count). The number of ether oxygens (including phenoxy) is 1. The number of hydrogen-bond donors (Lipinski definition) is 2. The Hall–Kier alpha value is -3.06. The lowest BCUT2D eigenvalue weighted by atomic mass is 10.1. The second-order valence-electron chi connectivity index (χ2n) is 5.40. The number of benzene rings is 2. The maximum absolute atomic E-state index is 12.3. The molecule has 0 aromatic heterocycles. The summed E-state index contributed by atoms with van der Waals surface area (Å²) in [4.78, 5) is 37.0. The second-order valence-corrected chi connectivity index (χ2v) is 6.28. The van der Waals surface area contributed by atoms with E-state index < -0.39 is 24.0 Å². The van der Waals surface area contributed by atoms with Crippen LogP contribution in [-0.2, 0) is 14.3 Å². The highest BCUT2D eigenvalue weighted by Crippen LogP contribution is 2.19. The average Bonchev–Trinajstić information content (AvgIpc) is 2.71. The van der Waals surface area contributed by atoms with Gasteiger partial charge in [0.25, 0.3) is 5.91 Å². The maximum Gasteiger partial charge on any atom is 0.331 e. The monoisotopic (exact) mass is 384 g/mol. The van der Waals surface area contributed by atoms with Crippen molar-refractivity contribution in [2.45, 2.75) is 11.0 Å². The number of nitrogens with one attached hydrogen (secondary N) is 2. The van der Waals surface area contributed by atoms with Gasteiger partial charge in [0.1, 0.15) is 0 Å². The molecule has 2 aromatic carbocycles. The third-order valence-corrected chi connectivity index (χ3v) is 4.31. The highest BCUT2D eigenvalue weighted by molar-refractivity contribution is 7.98. The van der Waals surface area contributed by atoms with Crippen LogP contribution in [0, 0.1) is 0 Å². The fourth-order valence-corrected chi connectivity index (χ4v) is 2.58. The van der Waals surface area contributed by atoms with Gasteiger partial charge in [0.2, 0.25) is 6.10 Å². The molecule has 7 heteroatoms. The smallest absolute Gasteiger partial charge is 0.331 e. The molecule has 0 unspecified atom stereocenters. The lowest BCUT2D eigenvalue weighted by Crippen LogP contribution is -2.41. The maximum atomic E-state index is 12.3. The van der Waals surface area contributed by atoms with Gasteiger partial charge in [-0.25, -0.2) is 9.59 Å². The van der Waals surface area contributed by atoms with Crippen molar-refractivity contribution in [3.8, 4) is 0 Å². The molecule has 0 heterocycles. The summed E-state index contributed by atoms with van der Waals surface area (Å²) in [6, 6.07) is 15.5. The Labute approximate surface area is 162 Å². The first-order valence-electron chi connectivity index (χ1n) is 8.13. The highest BCUT2D eigenvalue weighted by atomic mass is 32.2. The number of hydrogen-bond acceptors (Lipinski definition) is 5. The summed E-state index contributed by atoms with van der Waals surface area (Å²) < 4.78 is 5.29. The molecule has 0 aliphatic heterocycles. The van der Waals surface area contributed by atoms with Crippen molar-refractivity contribution in [2.24, 2.45) is 0 Å². The van der Waals surface area contributed by atoms with Gasteiger partial charge >= 0.3 is 12.0 Å². The third-order valence-electron chi connectivity index (χ3n) is 3.57. The number of carbonyl (C=O) groups excluding carboxylic acids is 3. The van der Waals surface area contributed by atoms with E-state index in [9.17, 15) is 14.4 Å². The second kappa shape index (κ2) is 10.2. The van der Waals surface area contributed by atoms with Crippen molar-refractivity contribution < 1.29 is 19.1 Å². The third kappa shape index (κ3) is 6.31. The topological polar surface area (TPSA) is 84.5 Å². The molecule has 3 amide bonds. The molecular formula is C20H20N2O4S. The van der Waals surface area contributed by atoms with Crippen LogP contribution in [0.15, 0.2) is 65.6 Å². The Kier molecular flexibility index (Phi) is 7.63. The minimum absolute atomic E-state index is 0.463. The van der Waals surface area contributed by atoms with Crippen LogP contribution >= 0.6 is 11.8 Å². The Morgan fingerprint density at radius 2 is 1.70 bits per heavy atom. The molecule has 27 heavy (non-hydrogen) atoms. The van der Waals surface area contributed by atoms with Crippen LogP contribution in [0.4, 0.5) is 4.79 Å². The largest absolute Gasteiger partial charge is 0.444 e. The summed E-state index contributed by atoms with van der Waals surface area (Å²) >= 11 is 1.62. The molecule has 0 radical (unpaired) electrons. The summed E-state index contributed by atoms with van der Waals surface area (Å²) in [6.45, 7) is 0. The minimum atomic E-state index is -1.24. The SMILES string of the molecule is CNC(=O)NC(=O)[C@@H](OC(=O)/C=C/c1ccc(SC)cc1)c1ccccc1. The number of rotatable bonds is 6. The van der Waals surface area contributed by atoms with Crippen molar-refractivity contribution in [3.63, 3.8) is 0 Å². The van der Waals surface area contributed by atoms with Gasteiger partial charge in [-0.05, 0) is 30.0 Å². The van der Waals surface area contributed by atoms with Crippen LogP contribution in [0.2, 0.25) is 0 Å². The van der Waals surface area contributed by atoms with E-state index in [-0.39, 0.29) is 0 Å². The van der Waals surface area contributed by atoms with E-state index in [0.717, 1.165) is 10.5 Å². The van der Waals surface area contributed by atoms with Gasteiger partial charge in [-0.15, -0.1) is 11.8 Å². The Morgan fingerprint density at radius 3 is 2.30 bits per heavy atom. The quantitative estimate of drug-likeness (QED) is 0.454. The molecule has 0 spiro atoms. The summed E-state index contributed by atoms with van der Waals surface area (Å²) in [5.74, 6) is -1.42. The number of carbonyl (C=O) groups is 3. The molecule has 0 saturated carbocycles. The van der Waals surface area contributed by atoms with E-state index in [2.05, 4.69) is 10.6 Å². The predicted octanol–water partition coefficient (Wildman–Crippen LogP) is 3.16. The lowest BCUT2D eigenvalue weighted by Gasteiger charge is -2.16. The highest BCUT2D eigenvalue weighted by Gasteiger charge is 2.25. The number of imide groups is 1. The van der Waals surface area contributed by atoms with Crippen molar-refractivity contribution >= 4 is 35.7 Å². The molecule has 2 aromatic rings. The van der Waals surface area contributed by atoms with Crippen LogP contribution in [0.25, 0.3) is 6.08 Å². The zero-order valence-corrected chi connectivity index (χ0v) is 15.8. The van der Waals surface area contributed by atoms with Gasteiger partial charge in [-0.2, -0.15) is 0 Å². The van der Waals surface area contributed by atoms with Crippen molar-refractivity contribution in [1.82, 2.24) is 10.6 Å². The van der Waals surface area contributed by atoms with E-state index in [4.69, 9.17) is 4.74 Å². The van der Waals surface area contributed by atoms with Crippen LogP contribution < -0.4 is 10.6 Å². The molecule has 0 saturated heterocycles. The molecule has 2 N–H and O–H groups in total. The number of thioether (sulfide) groups is 1. The molecule has 0 aliphatic carbocycles. The standard InChI is InChI=1S/C20H20N2O4S/c1-21-20(25)22-19(24)18(15-6-4-3-5-7-15)26-17(23)13-10-14-8-11-16(27-2)12-9-14/h3-13,18H,1-2H3,(H2,21,22,24,25)/b13-10+/t18-/m0/s1. The van der Waals surface area contributed by atoms with Crippen LogP contribution in [0.3, 0.4) is 0 Å². The summed E-state index contributed by atoms with van der Waals surface area (Å²) in [7, 11) is 1.39. The van der Waals surface area contributed by atoms with Crippen LogP contribution in [0.1, 0.15) is 17.2 Å². The summed E-state index contributed by atoms with van der Waals surface area (Å²) in [5, 5.41) is 4.41. The molecule has 0 aliphatic rings. The van der Waals surface area contributed by atoms with E-state index in [1.165, 1.54) is 13.1 Å². The average molecular weight is 384 g/mol. The molecule has 140 valence electrons. The van der Waals surface area contributed by atoms with Crippen molar-refractivity contribution in [3.05, 3.63) is 71.8 Å². The predicted molar refractivity (Wildman–Crippen MR) is 105 cm³/mol. The Bertz CT molecular complexity index is 820. The van der Waals surface area contributed by atoms with Gasteiger partial charge in [0.15, 0.2) is 0 Å². The van der Waals surface area contributed by atoms with E-state index in [1.54, 1.807) is 48.2 Å². The van der Waals surface area contributed by atoms with E-state index in [0.29, 0.717) is 5.56 Å². The van der Waals surface area contributed by atoms with Crippen molar-refractivity contribution in [1.29, 1.82) is 0 Å². The molecule has 1 atom stereocenters. The first-order valence-corrected chi connectivity index (χ1v) is 9.36. The molecule has 0 bridgehead atoms. The van der Waals surface area contributed by atoms with Gasteiger partial charge in [0, 0.05) is 23.6 Å². The fraction of sp³-hybridized carbons (Fsp3) is 0.150. The zero-order chi connectivity index (χ0) is 19.6. The Balaban J connectivity index is 2.11. The van der Waals surface area contributed by atoms with Crippen LogP contribution in [0.5, 0.6) is 0 Å². The normalized spacial score (nSPS) is 11.6. The lowest BCUT2D eigenvalue weighted by molar-refractivity contribution is -0.151. The molecule has 0 fully saturated rings. The van der Waals surface area contributed by atoms with E-state index in [1.807, 2.05) is 30.5 Å². The first-order chi connectivity index (χ1) is 13.0. The van der Waals surface area contributed by atoms with Gasteiger partial charge < -0.3 is 10.1 Å². The Morgan fingerprint density at radius 1 is 1.04 bits per heavy atom. The number of esters is 1. The van der Waals surface area contributed by atoms with Gasteiger partial charge in [-0.3, -0.25) is 10.1 Å². The first kappa shape index (κ1) is 20.3. The number of amides is 3. The van der Waals surface area contributed by atoms with Crippen molar-refractivity contribution in [2.75, 3.05) is 13.3 Å². The molecule has 6 nitrogen and oxygen atoms in total. The number of urea groups is 1. The summed E-state index contributed by atoms with van der Waals surface area (Å²) in [6.07, 6.45) is 3.59. The van der Waals surface area contributed by atoms with E-state index >= 15 is 0 Å². The van der Waals surface area contributed by atoms with Gasteiger partial charge in [0.05, 0.1) is 0 Å². The van der Waals surface area contributed by atoms with Gasteiger partial charge in [-0.1, -0.05) is 42.5 Å². The zero-order valence-electron chi connectivity index (χ0n) is 15.0. The fourth-order valence-electron chi connectivity index (χ4n) is 2.18. The molecular weight excluding hydrogens is 364 g/mol. The summed E-state index contributed by atoms with van der Waals surface area (Å²) in [5.41, 5.74) is 1.29.